The Labute approximate surface area is 771 Å². The van der Waals surface area contributed by atoms with Gasteiger partial charge in [-0.05, 0) is 194 Å². The highest BCUT2D eigenvalue weighted by atomic mass is 32.1. The molecule has 0 saturated carbocycles. The third-order valence-corrected chi connectivity index (χ3v) is 26.2. The first-order valence-electron chi connectivity index (χ1n) is 43.8. The molecule has 7 heterocycles. The molecule has 24 rings (SSSR count). The summed E-state index contributed by atoms with van der Waals surface area (Å²) in [5.41, 5.74) is 27.1. The topological polar surface area (TPSA) is 91.4 Å². The molecule has 24 aromatic rings. The third kappa shape index (κ3) is 20.2. The molecule has 2 N–H and O–H groups in total. The van der Waals surface area contributed by atoms with Crippen LogP contribution in [0.3, 0.4) is 0 Å². The van der Waals surface area contributed by atoms with Crippen molar-refractivity contribution in [3.05, 3.63) is 504 Å². The highest BCUT2D eigenvalue weighted by Gasteiger charge is 2.31. The highest BCUT2D eigenvalue weighted by molar-refractivity contribution is 7.26. The number of aromatic amines is 2. The molecule has 0 fully saturated rings. The predicted octanol–water partition coefficient (Wildman–Crippen LogP) is 32.3. The molecule has 0 aliphatic rings. The van der Waals surface area contributed by atoms with Crippen molar-refractivity contribution in [2.75, 3.05) is 0 Å². The van der Waals surface area contributed by atoms with Crippen LogP contribution in [0.25, 0.3) is 141 Å². The summed E-state index contributed by atoms with van der Waals surface area (Å²) in [7, 11) is 0. The van der Waals surface area contributed by atoms with Crippen LogP contribution in [0.4, 0.5) is 0 Å². The minimum absolute atomic E-state index is 0.121. The van der Waals surface area contributed by atoms with Crippen LogP contribution in [0.5, 0.6) is 0 Å². The van der Waals surface area contributed by atoms with Crippen molar-refractivity contribution >= 4 is 120 Å². The Morgan fingerprint density at radius 3 is 1.28 bits per heavy atom. The second-order valence-corrected chi connectivity index (χ2v) is 35.6. The summed E-state index contributed by atoms with van der Waals surface area (Å²) in [5.74, 6) is 3.00. The van der Waals surface area contributed by atoms with Gasteiger partial charge in [0.25, 0.3) is 11.6 Å². The molecule has 17 aromatic carbocycles. The summed E-state index contributed by atoms with van der Waals surface area (Å²) in [6, 6.07) is 156. The van der Waals surface area contributed by atoms with Gasteiger partial charge in [0.05, 0.1) is 15.2 Å². The summed E-state index contributed by atoms with van der Waals surface area (Å²) in [6.45, 7) is 16.8. The zero-order valence-corrected chi connectivity index (χ0v) is 76.5. The highest BCUT2D eigenvalue weighted by Crippen LogP contribution is 2.42. The average molecular weight is 1740 g/mol. The van der Waals surface area contributed by atoms with Crippen molar-refractivity contribution in [2.45, 2.75) is 60.8 Å². The van der Waals surface area contributed by atoms with Crippen LogP contribution in [-0.4, -0.2) is 19.9 Å². The summed E-state index contributed by atoms with van der Waals surface area (Å²) in [4.78, 5) is 18.0. The van der Waals surface area contributed by atoms with E-state index >= 15 is 0 Å². The van der Waals surface area contributed by atoms with E-state index in [2.05, 4.69) is 447 Å². The quantitative estimate of drug-likeness (QED) is 0.111. The standard InChI is InChI=1S/C20H16N2.C20H18.C19H14O.C19H14S.C14H12N2.C11H10S.C8H7NO.C8H7NS/c1-15-21-19-9-5-6-10-20(19)22(15)18-13-11-17(12-14-18)16-7-3-2-4-8-16;1-20(17-11-5-2-6-12-17,18-13-7-3-8-14-18)19-15-9-4-10-16-19;2*1-13-10-11-18-17(12-13)16-9-5-8-15(19(16)20-18)14-6-3-2-4-7-14;1-11-15-13-9-5-6-10-14(13)16(11)12-7-3-2-4-8-12;1-9-7-8-11(12-9)10-5-3-2-4-6-10;2*1-6-9-7-4-2-3-5-8(7)10-6/h2-14H,1H3;2-16H,1H3;2*2-12H,1H3;2-10H,1H3;2-8H,1H3;2*2-5H,1H3/p+2. The van der Waals surface area contributed by atoms with E-state index in [1.54, 1.807) is 11.3 Å². The lowest BCUT2D eigenvalue weighted by Crippen LogP contribution is -2.32. The molecule has 0 bridgehead atoms. The number of H-pyrrole nitrogens is 2. The number of fused-ring (bicyclic) bond motifs is 10. The predicted molar refractivity (Wildman–Crippen MR) is 550 cm³/mol. The van der Waals surface area contributed by atoms with Gasteiger partial charge in [-0.15, -0.1) is 34.0 Å². The summed E-state index contributed by atoms with van der Waals surface area (Å²) in [5, 5.41) is 6.27. The molecule has 0 radical (unpaired) electrons. The molecular weight excluding hydrogens is 1640 g/mol. The fourth-order valence-corrected chi connectivity index (χ4v) is 19.5. The van der Waals surface area contributed by atoms with Gasteiger partial charge in [0.2, 0.25) is 0 Å². The molecule has 634 valence electrons. The largest absolute Gasteiger partial charge is 0.455 e. The maximum Gasteiger partial charge on any atom is 0.257 e. The van der Waals surface area contributed by atoms with Crippen molar-refractivity contribution < 1.29 is 18.0 Å². The first kappa shape index (κ1) is 86.9. The van der Waals surface area contributed by atoms with Crippen LogP contribution in [0, 0.1) is 48.5 Å². The van der Waals surface area contributed by atoms with Gasteiger partial charge in [0.15, 0.2) is 33.5 Å². The maximum atomic E-state index is 6.09. The fraction of sp³-hybridized carbons (Fsp3) is 0.0756. The van der Waals surface area contributed by atoms with E-state index in [9.17, 15) is 0 Å². The number of para-hydroxylation sites is 9. The van der Waals surface area contributed by atoms with E-state index < -0.39 is 0 Å². The van der Waals surface area contributed by atoms with Crippen LogP contribution in [0.15, 0.2) is 458 Å². The van der Waals surface area contributed by atoms with Crippen molar-refractivity contribution in [2.24, 2.45) is 0 Å². The first-order chi connectivity index (χ1) is 63.7. The average Bonchev–Trinajstić information content (AvgIpc) is 1.77. The van der Waals surface area contributed by atoms with Gasteiger partial charge in [0.1, 0.15) is 28.1 Å². The smallest absolute Gasteiger partial charge is 0.257 e. The van der Waals surface area contributed by atoms with Crippen LogP contribution in [0.1, 0.15) is 62.2 Å². The lowest BCUT2D eigenvalue weighted by atomic mass is 9.71. The zero-order valence-electron chi connectivity index (χ0n) is 74.1. The fourth-order valence-electron chi connectivity index (χ4n) is 16.6. The van der Waals surface area contributed by atoms with Crippen molar-refractivity contribution in [3.8, 4) is 55.2 Å². The number of nitrogens with one attached hydrogen (secondary N) is 2. The SMILES string of the molecule is CC(c1ccccc1)(c1ccccc1)c1ccccc1.Cc1[nH]c2ccccc2[n+]1-c1ccc(-c2ccccc2)cc1.Cc1[nH]c2ccccc2[n+]1-c1ccccc1.Cc1ccc(-c2ccccc2)s1.Cc1ccc2oc3c(-c4ccccc4)cccc3c2c1.Cc1ccc2sc3c(-c4ccccc4)cccc3c2c1.Cc1nc2ccccc2o1.Cc1nc2ccccc2s1. The van der Waals surface area contributed by atoms with Crippen molar-refractivity contribution in [1.82, 2.24) is 19.9 Å². The number of benzene rings is 17. The number of rotatable bonds is 9. The number of furan rings is 1. The molecule has 0 amide bonds. The van der Waals surface area contributed by atoms with E-state index in [0.29, 0.717) is 0 Å². The third-order valence-electron chi connectivity index (χ3n) is 23.0. The lowest BCUT2D eigenvalue weighted by Gasteiger charge is -2.31. The Bertz CT molecular complexity index is 7410. The molecule has 0 aliphatic heterocycles. The zero-order chi connectivity index (χ0) is 89.1. The van der Waals surface area contributed by atoms with Gasteiger partial charge in [0, 0.05) is 72.4 Å². The second kappa shape index (κ2) is 41.0. The molecular formula is C119H100N6O2S3+2. The Hall–Kier alpha value is -15.2. The normalized spacial score (nSPS) is 10.9. The number of aromatic nitrogens is 6. The van der Waals surface area contributed by atoms with Crippen molar-refractivity contribution in [1.29, 1.82) is 0 Å². The summed E-state index contributed by atoms with van der Waals surface area (Å²) >= 11 is 5.47. The minimum Gasteiger partial charge on any atom is -0.455 e. The van der Waals surface area contributed by atoms with E-state index in [-0.39, 0.29) is 5.41 Å². The molecule has 11 heteroatoms. The Morgan fingerprint density at radius 2 is 0.738 bits per heavy atom. The monoisotopic (exact) mass is 1740 g/mol. The summed E-state index contributed by atoms with van der Waals surface area (Å²) < 4.78 is 19.9. The van der Waals surface area contributed by atoms with Crippen molar-refractivity contribution in [3.63, 3.8) is 0 Å². The van der Waals surface area contributed by atoms with E-state index in [4.69, 9.17) is 8.83 Å². The summed E-state index contributed by atoms with van der Waals surface area (Å²) in [6.07, 6.45) is 0. The number of nitrogens with zero attached hydrogens (tertiary/aromatic N) is 4. The molecule has 7 aromatic heterocycles. The second-order valence-electron chi connectivity index (χ2n) is 32.1. The number of aryl methyl sites for hydroxylation is 7. The van der Waals surface area contributed by atoms with Gasteiger partial charge in [-0.1, -0.05) is 351 Å². The number of thiophene rings is 2. The van der Waals surface area contributed by atoms with Gasteiger partial charge >= 0.3 is 0 Å². The van der Waals surface area contributed by atoms with E-state index in [1.165, 1.54) is 135 Å². The van der Waals surface area contributed by atoms with E-state index in [1.807, 2.05) is 109 Å². The lowest BCUT2D eigenvalue weighted by molar-refractivity contribution is -0.574. The van der Waals surface area contributed by atoms with Crippen LogP contribution in [0.2, 0.25) is 0 Å². The number of imidazole rings is 2. The molecule has 0 saturated heterocycles. The Morgan fingerprint density at radius 1 is 0.292 bits per heavy atom. The van der Waals surface area contributed by atoms with Crippen LogP contribution >= 0.6 is 34.0 Å². The number of thiazole rings is 1. The minimum atomic E-state index is -0.121. The van der Waals surface area contributed by atoms with Crippen LogP contribution < -0.4 is 9.13 Å². The molecule has 0 atom stereocenters. The number of hydrogen-bond acceptors (Lipinski definition) is 7. The van der Waals surface area contributed by atoms with Gasteiger partial charge in [-0.25, -0.2) is 19.9 Å². The first-order valence-corrected chi connectivity index (χ1v) is 46.3. The van der Waals surface area contributed by atoms with Crippen LogP contribution in [-0.2, 0) is 5.41 Å². The number of oxazole rings is 1. The van der Waals surface area contributed by atoms with Gasteiger partial charge < -0.3 is 8.83 Å². The molecule has 130 heavy (non-hydrogen) atoms. The molecule has 0 aliphatic carbocycles. The Balaban J connectivity index is 0.000000106. The van der Waals surface area contributed by atoms with Gasteiger partial charge in [-0.3, -0.25) is 0 Å². The Kier molecular flexibility index (Phi) is 27.4. The van der Waals surface area contributed by atoms with Gasteiger partial charge in [-0.2, -0.15) is 9.13 Å². The maximum absolute atomic E-state index is 6.09. The molecule has 0 unspecified atom stereocenters. The number of hydrogen-bond donors (Lipinski definition) is 2. The molecule has 8 nitrogen and oxygen atoms in total. The van der Waals surface area contributed by atoms with E-state index in [0.717, 1.165) is 61.4 Å². The molecule has 0 spiro atoms.